The Morgan fingerprint density at radius 3 is 2.18 bits per heavy atom. The van der Waals surface area contributed by atoms with Crippen LogP contribution >= 0.6 is 0 Å². The highest BCUT2D eigenvalue weighted by Crippen LogP contribution is 2.21. The van der Waals surface area contributed by atoms with Crippen LogP contribution < -0.4 is 10.6 Å². The lowest BCUT2D eigenvalue weighted by atomic mass is 9.89. The van der Waals surface area contributed by atoms with Crippen molar-refractivity contribution in [2.75, 3.05) is 27.7 Å². The first-order chi connectivity index (χ1) is 12.9. The van der Waals surface area contributed by atoms with E-state index in [1.54, 1.807) is 33.3 Å². The van der Waals surface area contributed by atoms with Gasteiger partial charge in [0, 0.05) is 40.3 Å². The molecule has 0 spiro atoms. The number of methoxy groups -OCH3 is 1. The number of benzene rings is 1. The van der Waals surface area contributed by atoms with Gasteiger partial charge in [0.25, 0.3) is 0 Å². The summed E-state index contributed by atoms with van der Waals surface area (Å²) in [5.41, 5.74) is 0.985. The molecule has 0 amide bonds. The Kier molecular flexibility index (Phi) is 8.91. The lowest BCUT2D eigenvalue weighted by molar-refractivity contribution is 0.0205. The molecule has 0 aromatic heterocycles. The van der Waals surface area contributed by atoms with Crippen LogP contribution in [0.2, 0.25) is 0 Å². The van der Waals surface area contributed by atoms with E-state index in [0.717, 1.165) is 5.56 Å². The molecule has 0 heterocycles. The van der Waals surface area contributed by atoms with Crippen LogP contribution in [0.4, 0.5) is 0 Å². The summed E-state index contributed by atoms with van der Waals surface area (Å²) in [6.07, 6.45) is 0.0495. The molecular weight excluding hydrogens is 376 g/mol. The van der Waals surface area contributed by atoms with Crippen LogP contribution in [0.15, 0.2) is 34.2 Å². The molecule has 0 saturated carbocycles. The molecule has 1 unspecified atom stereocenters. The van der Waals surface area contributed by atoms with Crippen molar-refractivity contribution in [2.45, 2.75) is 58.2 Å². The van der Waals surface area contributed by atoms with Crippen LogP contribution in [-0.4, -0.2) is 58.6 Å². The van der Waals surface area contributed by atoms with Gasteiger partial charge in [0.05, 0.1) is 11.0 Å². The molecule has 0 aliphatic carbocycles. The second kappa shape index (κ2) is 10.2. The number of aliphatic imine (C=N–C) groups is 1. The minimum atomic E-state index is -3.46. The SMILES string of the molecule is CN=C(NCc1ccc(S(=O)(=O)N(C)C(C)C)cc1)NCC(OC)C(C)(C)C. The fourth-order valence-corrected chi connectivity index (χ4v) is 3.93. The number of guanidine groups is 1. The highest BCUT2D eigenvalue weighted by Gasteiger charge is 2.24. The Morgan fingerprint density at radius 1 is 1.18 bits per heavy atom. The van der Waals surface area contributed by atoms with Crippen LogP contribution in [0.25, 0.3) is 0 Å². The summed E-state index contributed by atoms with van der Waals surface area (Å²) >= 11 is 0. The summed E-state index contributed by atoms with van der Waals surface area (Å²) in [5, 5.41) is 6.51. The van der Waals surface area contributed by atoms with Crippen molar-refractivity contribution in [3.05, 3.63) is 29.8 Å². The Bertz CT molecular complexity index is 738. The molecule has 7 nitrogen and oxygen atoms in total. The average molecular weight is 413 g/mol. The second-order valence-electron chi connectivity index (χ2n) is 8.16. The molecule has 1 aromatic rings. The fraction of sp³-hybridized carbons (Fsp3) is 0.650. The van der Waals surface area contributed by atoms with E-state index < -0.39 is 10.0 Å². The van der Waals surface area contributed by atoms with Crippen LogP contribution in [-0.2, 0) is 21.3 Å². The number of ether oxygens (including phenoxy) is 1. The smallest absolute Gasteiger partial charge is 0.243 e. The largest absolute Gasteiger partial charge is 0.379 e. The maximum atomic E-state index is 12.5. The Hall–Kier alpha value is -1.64. The molecule has 0 saturated heterocycles. The highest BCUT2D eigenvalue weighted by atomic mass is 32.2. The van der Waals surface area contributed by atoms with Crippen molar-refractivity contribution in [3.8, 4) is 0 Å². The van der Waals surface area contributed by atoms with Gasteiger partial charge in [-0.25, -0.2) is 8.42 Å². The summed E-state index contributed by atoms with van der Waals surface area (Å²) in [6.45, 7) is 11.3. The zero-order valence-corrected chi connectivity index (χ0v) is 19.2. The van der Waals surface area contributed by atoms with Gasteiger partial charge in [-0.1, -0.05) is 32.9 Å². The second-order valence-corrected chi connectivity index (χ2v) is 10.2. The van der Waals surface area contributed by atoms with E-state index in [1.165, 1.54) is 4.31 Å². The number of sulfonamides is 1. The van der Waals surface area contributed by atoms with Crippen LogP contribution in [0.1, 0.15) is 40.2 Å². The molecule has 1 atom stereocenters. The summed E-state index contributed by atoms with van der Waals surface area (Å²) in [4.78, 5) is 4.52. The van der Waals surface area contributed by atoms with E-state index in [1.807, 2.05) is 26.0 Å². The van der Waals surface area contributed by atoms with Gasteiger partial charge in [-0.2, -0.15) is 4.31 Å². The Balaban J connectivity index is 2.70. The minimum absolute atomic E-state index is 0.0189. The maximum Gasteiger partial charge on any atom is 0.243 e. The molecule has 2 N–H and O–H groups in total. The fourth-order valence-electron chi connectivity index (χ4n) is 2.56. The summed E-state index contributed by atoms with van der Waals surface area (Å²) < 4.78 is 32.0. The highest BCUT2D eigenvalue weighted by molar-refractivity contribution is 7.89. The van der Waals surface area contributed by atoms with Crippen molar-refractivity contribution < 1.29 is 13.2 Å². The number of hydrogen-bond acceptors (Lipinski definition) is 4. The van der Waals surface area contributed by atoms with Crippen molar-refractivity contribution in [1.29, 1.82) is 0 Å². The molecule has 0 bridgehead atoms. The van der Waals surface area contributed by atoms with Crippen molar-refractivity contribution in [2.24, 2.45) is 10.4 Å². The summed E-state index contributed by atoms with van der Waals surface area (Å²) in [6, 6.07) is 6.82. The standard InChI is InChI=1S/C20H36N4O3S/c1-15(2)24(7)28(25,26)17-11-9-16(10-12-17)13-22-19(21-6)23-14-18(27-8)20(3,4)5/h9-12,15,18H,13-14H2,1-8H3,(H2,21,22,23). The van der Waals surface area contributed by atoms with E-state index >= 15 is 0 Å². The molecular formula is C20H36N4O3S. The summed E-state index contributed by atoms with van der Waals surface area (Å²) in [5.74, 6) is 0.669. The van der Waals surface area contributed by atoms with Gasteiger partial charge in [0.2, 0.25) is 10.0 Å². The lowest BCUT2D eigenvalue weighted by Crippen LogP contribution is -2.45. The van der Waals surface area contributed by atoms with Crippen molar-refractivity contribution in [3.63, 3.8) is 0 Å². The molecule has 0 radical (unpaired) electrons. The van der Waals surface area contributed by atoms with E-state index in [9.17, 15) is 8.42 Å². The predicted octanol–water partition coefficient (Wildman–Crippen LogP) is 2.44. The molecule has 8 heteroatoms. The quantitative estimate of drug-likeness (QED) is 0.506. The Labute approximate surface area is 170 Å². The molecule has 0 aliphatic rings. The van der Waals surface area contributed by atoms with Gasteiger partial charge in [0.1, 0.15) is 0 Å². The third-order valence-electron chi connectivity index (χ3n) is 4.72. The monoisotopic (exact) mass is 412 g/mol. The van der Waals surface area contributed by atoms with Crippen molar-refractivity contribution >= 4 is 16.0 Å². The molecule has 1 rings (SSSR count). The van der Waals surface area contributed by atoms with Crippen molar-refractivity contribution in [1.82, 2.24) is 14.9 Å². The molecule has 28 heavy (non-hydrogen) atoms. The number of nitrogens with one attached hydrogen (secondary N) is 2. The zero-order chi connectivity index (χ0) is 21.5. The van der Waals surface area contributed by atoms with E-state index in [-0.39, 0.29) is 17.6 Å². The van der Waals surface area contributed by atoms with Gasteiger partial charge < -0.3 is 15.4 Å². The van der Waals surface area contributed by atoms with Crippen LogP contribution in [0.3, 0.4) is 0 Å². The van der Waals surface area contributed by atoms with E-state index in [4.69, 9.17) is 4.74 Å². The first-order valence-electron chi connectivity index (χ1n) is 9.47. The first kappa shape index (κ1) is 24.4. The van der Waals surface area contributed by atoms with Crippen LogP contribution in [0.5, 0.6) is 0 Å². The third kappa shape index (κ3) is 6.76. The number of hydrogen-bond donors (Lipinski definition) is 2. The molecule has 0 fully saturated rings. The number of nitrogens with zero attached hydrogens (tertiary/aromatic N) is 2. The Morgan fingerprint density at radius 2 is 1.75 bits per heavy atom. The van der Waals surface area contributed by atoms with Gasteiger partial charge in [0.15, 0.2) is 5.96 Å². The topological polar surface area (TPSA) is 83.0 Å². The van der Waals surface area contributed by atoms with Gasteiger partial charge >= 0.3 is 0 Å². The number of rotatable bonds is 8. The zero-order valence-electron chi connectivity index (χ0n) is 18.4. The first-order valence-corrected chi connectivity index (χ1v) is 10.9. The molecule has 160 valence electrons. The maximum absolute atomic E-state index is 12.5. The van der Waals surface area contributed by atoms with Gasteiger partial charge in [-0.3, -0.25) is 4.99 Å². The average Bonchev–Trinajstić information content (AvgIpc) is 2.63. The molecule has 1 aromatic carbocycles. The van der Waals surface area contributed by atoms with Gasteiger partial charge in [-0.15, -0.1) is 0 Å². The van der Waals surface area contributed by atoms with E-state index in [0.29, 0.717) is 23.9 Å². The predicted molar refractivity (Wildman–Crippen MR) is 115 cm³/mol. The van der Waals surface area contributed by atoms with Crippen LogP contribution in [0, 0.1) is 5.41 Å². The van der Waals surface area contributed by atoms with Gasteiger partial charge in [-0.05, 0) is 37.0 Å². The summed E-state index contributed by atoms with van der Waals surface area (Å²) in [7, 11) is 1.55. The lowest BCUT2D eigenvalue weighted by Gasteiger charge is -2.30. The van der Waals surface area contributed by atoms with E-state index in [2.05, 4.69) is 36.4 Å². The molecule has 0 aliphatic heterocycles. The third-order valence-corrected chi connectivity index (χ3v) is 6.76. The normalized spacial score (nSPS) is 14.4. The minimum Gasteiger partial charge on any atom is -0.379 e.